The Morgan fingerprint density at radius 3 is 2.57 bits per heavy atom. The number of rotatable bonds is 10. The van der Waals surface area contributed by atoms with Crippen LogP contribution in [0.1, 0.15) is 26.7 Å². The van der Waals surface area contributed by atoms with E-state index in [0.717, 1.165) is 25.1 Å². The Balaban J connectivity index is 2.36. The third-order valence-electron chi connectivity index (χ3n) is 3.02. The first-order valence-electron chi connectivity index (χ1n) is 7.72. The minimum Gasteiger partial charge on any atom is -0.495 e. The van der Waals surface area contributed by atoms with Gasteiger partial charge in [0.15, 0.2) is 11.4 Å². The molecule has 0 aliphatic carbocycles. The fraction of sp³-hybridized carbons (Fsp3) is 0.562. The smallest absolute Gasteiger partial charge is 0.170 e. The van der Waals surface area contributed by atoms with Gasteiger partial charge in [-0.1, -0.05) is 11.6 Å². The van der Waals surface area contributed by atoms with Gasteiger partial charge in [-0.15, -0.1) is 0 Å². The molecule has 23 heavy (non-hydrogen) atoms. The number of halogens is 1. The zero-order valence-electron chi connectivity index (χ0n) is 13.9. The van der Waals surface area contributed by atoms with Gasteiger partial charge in [-0.3, -0.25) is 0 Å². The monoisotopic (exact) mass is 360 g/mol. The fourth-order valence-corrected chi connectivity index (χ4v) is 2.39. The predicted octanol–water partition coefficient (Wildman–Crippen LogP) is 3.81. The van der Waals surface area contributed by atoms with Crippen molar-refractivity contribution in [1.29, 1.82) is 0 Å². The van der Waals surface area contributed by atoms with Gasteiger partial charge in [0, 0.05) is 31.2 Å². The third kappa shape index (κ3) is 7.83. The van der Waals surface area contributed by atoms with E-state index in [-0.39, 0.29) is 6.29 Å². The Hall–Kier alpha value is -1.08. The van der Waals surface area contributed by atoms with Crippen LogP contribution in [0.5, 0.6) is 5.75 Å². The summed E-state index contributed by atoms with van der Waals surface area (Å²) >= 11 is 11.3. The highest BCUT2D eigenvalue weighted by Gasteiger charge is 2.08. The summed E-state index contributed by atoms with van der Waals surface area (Å²) in [6.07, 6.45) is 1.55. The van der Waals surface area contributed by atoms with Gasteiger partial charge >= 0.3 is 0 Å². The summed E-state index contributed by atoms with van der Waals surface area (Å²) in [6.45, 7) is 5.94. The van der Waals surface area contributed by atoms with Crippen LogP contribution in [-0.4, -0.2) is 38.3 Å². The van der Waals surface area contributed by atoms with E-state index >= 15 is 0 Å². The van der Waals surface area contributed by atoms with Crippen LogP contribution in [0.15, 0.2) is 18.2 Å². The van der Waals surface area contributed by atoms with Gasteiger partial charge < -0.3 is 24.8 Å². The highest BCUT2D eigenvalue weighted by molar-refractivity contribution is 7.80. The number of nitrogens with one attached hydrogen (secondary N) is 2. The maximum absolute atomic E-state index is 5.99. The van der Waals surface area contributed by atoms with Crippen molar-refractivity contribution < 1.29 is 14.2 Å². The Bertz CT molecular complexity index is 482. The van der Waals surface area contributed by atoms with E-state index in [0.29, 0.717) is 29.1 Å². The average Bonchev–Trinajstić information content (AvgIpc) is 2.52. The van der Waals surface area contributed by atoms with Crippen LogP contribution >= 0.6 is 23.8 Å². The van der Waals surface area contributed by atoms with Gasteiger partial charge in [0.25, 0.3) is 0 Å². The first kappa shape index (κ1) is 20.0. The molecule has 7 heteroatoms. The van der Waals surface area contributed by atoms with Gasteiger partial charge in [-0.25, -0.2) is 0 Å². The maximum atomic E-state index is 5.99. The molecule has 1 rings (SSSR count). The highest BCUT2D eigenvalue weighted by atomic mass is 35.5. The normalized spacial score (nSPS) is 10.7. The van der Waals surface area contributed by atoms with Crippen LogP contribution in [0.3, 0.4) is 0 Å². The topological polar surface area (TPSA) is 51.8 Å². The van der Waals surface area contributed by atoms with Gasteiger partial charge in [-0.2, -0.15) is 0 Å². The summed E-state index contributed by atoms with van der Waals surface area (Å²) in [6, 6.07) is 5.33. The molecule has 0 atom stereocenters. The largest absolute Gasteiger partial charge is 0.495 e. The number of benzene rings is 1. The second-order valence-corrected chi connectivity index (χ2v) is 5.55. The molecule has 0 fully saturated rings. The molecular weight excluding hydrogens is 336 g/mol. The molecule has 0 spiro atoms. The van der Waals surface area contributed by atoms with Gasteiger partial charge in [-0.05, 0) is 50.7 Å². The summed E-state index contributed by atoms with van der Waals surface area (Å²) in [5.74, 6) is 0.686. The maximum Gasteiger partial charge on any atom is 0.170 e. The van der Waals surface area contributed by atoms with Gasteiger partial charge in [0.05, 0.1) is 12.8 Å². The van der Waals surface area contributed by atoms with Crippen molar-refractivity contribution in [2.75, 3.05) is 32.2 Å². The minimum atomic E-state index is -0.152. The zero-order valence-corrected chi connectivity index (χ0v) is 15.4. The quantitative estimate of drug-likeness (QED) is 0.376. The van der Waals surface area contributed by atoms with Crippen LogP contribution in [0.4, 0.5) is 5.69 Å². The van der Waals surface area contributed by atoms with E-state index in [1.54, 1.807) is 25.3 Å². The molecule has 0 radical (unpaired) electrons. The van der Waals surface area contributed by atoms with Crippen molar-refractivity contribution in [1.82, 2.24) is 5.32 Å². The van der Waals surface area contributed by atoms with Crippen LogP contribution < -0.4 is 15.4 Å². The lowest BCUT2D eigenvalue weighted by molar-refractivity contribution is -0.139. The van der Waals surface area contributed by atoms with E-state index in [2.05, 4.69) is 10.6 Å². The van der Waals surface area contributed by atoms with E-state index in [1.165, 1.54) is 0 Å². The number of thiocarbonyl (C=S) groups is 1. The SMILES string of the molecule is CCOC(CCCNC(=S)Nc1cc(Cl)ccc1OC)OCC. The molecule has 2 N–H and O–H groups in total. The lowest BCUT2D eigenvalue weighted by Gasteiger charge is -2.17. The van der Waals surface area contributed by atoms with Crippen LogP contribution in [0.25, 0.3) is 0 Å². The van der Waals surface area contributed by atoms with Crippen LogP contribution in [-0.2, 0) is 9.47 Å². The van der Waals surface area contributed by atoms with E-state index in [4.69, 9.17) is 38.0 Å². The standard InChI is InChI=1S/C16H25ClN2O3S/c1-4-21-15(22-5-2)7-6-10-18-16(23)19-13-11-12(17)8-9-14(13)20-3/h8-9,11,15H,4-7,10H2,1-3H3,(H2,18,19,23). The molecule has 0 aliphatic rings. The number of ether oxygens (including phenoxy) is 3. The van der Waals surface area contributed by atoms with Crippen molar-refractivity contribution >= 4 is 34.6 Å². The second kappa shape index (κ2) is 11.5. The molecule has 0 heterocycles. The van der Waals surface area contributed by atoms with Crippen molar-refractivity contribution in [3.63, 3.8) is 0 Å². The molecule has 1 aromatic carbocycles. The Labute approximate surface area is 148 Å². The Morgan fingerprint density at radius 1 is 1.26 bits per heavy atom. The molecule has 0 saturated carbocycles. The summed E-state index contributed by atoms with van der Waals surface area (Å²) in [4.78, 5) is 0. The van der Waals surface area contributed by atoms with Crippen molar-refractivity contribution in [2.24, 2.45) is 0 Å². The molecule has 130 valence electrons. The second-order valence-electron chi connectivity index (χ2n) is 4.71. The number of hydrogen-bond donors (Lipinski definition) is 2. The fourth-order valence-electron chi connectivity index (χ4n) is 2.00. The Kier molecular flexibility index (Phi) is 9.94. The molecule has 1 aromatic rings. The summed E-state index contributed by atoms with van der Waals surface area (Å²) in [5.41, 5.74) is 0.735. The highest BCUT2D eigenvalue weighted by Crippen LogP contribution is 2.27. The molecule has 0 saturated heterocycles. The molecule has 0 bridgehead atoms. The molecule has 0 unspecified atom stereocenters. The van der Waals surface area contributed by atoms with Gasteiger partial charge in [0.1, 0.15) is 5.75 Å². The molecule has 0 aliphatic heterocycles. The third-order valence-corrected chi connectivity index (χ3v) is 3.50. The Morgan fingerprint density at radius 2 is 1.96 bits per heavy atom. The molecule has 5 nitrogen and oxygen atoms in total. The molecule has 0 aromatic heterocycles. The minimum absolute atomic E-state index is 0.152. The van der Waals surface area contributed by atoms with Crippen molar-refractivity contribution in [3.8, 4) is 5.75 Å². The summed E-state index contributed by atoms with van der Waals surface area (Å²) < 4.78 is 16.3. The lowest BCUT2D eigenvalue weighted by Crippen LogP contribution is -2.30. The van der Waals surface area contributed by atoms with E-state index in [9.17, 15) is 0 Å². The number of hydrogen-bond acceptors (Lipinski definition) is 4. The first-order chi connectivity index (χ1) is 11.1. The van der Waals surface area contributed by atoms with Gasteiger partial charge in [0.2, 0.25) is 0 Å². The van der Waals surface area contributed by atoms with Crippen molar-refractivity contribution in [3.05, 3.63) is 23.2 Å². The summed E-state index contributed by atoms with van der Waals surface area (Å²) in [5, 5.41) is 7.38. The zero-order chi connectivity index (χ0) is 17.1. The number of anilines is 1. The van der Waals surface area contributed by atoms with E-state index in [1.807, 2.05) is 13.8 Å². The van der Waals surface area contributed by atoms with Crippen LogP contribution in [0, 0.1) is 0 Å². The van der Waals surface area contributed by atoms with E-state index < -0.39 is 0 Å². The first-order valence-corrected chi connectivity index (χ1v) is 8.50. The number of methoxy groups -OCH3 is 1. The van der Waals surface area contributed by atoms with Crippen molar-refractivity contribution in [2.45, 2.75) is 33.0 Å². The summed E-state index contributed by atoms with van der Waals surface area (Å²) in [7, 11) is 1.60. The molecular formula is C16H25ClN2O3S. The lowest BCUT2D eigenvalue weighted by atomic mass is 10.3. The van der Waals surface area contributed by atoms with Crippen LogP contribution in [0.2, 0.25) is 5.02 Å². The average molecular weight is 361 g/mol. The molecule has 0 amide bonds. The predicted molar refractivity (Wildman–Crippen MR) is 98.5 cm³/mol.